The van der Waals surface area contributed by atoms with Crippen molar-refractivity contribution >= 4 is 28.8 Å². The van der Waals surface area contributed by atoms with Crippen LogP contribution in [0.15, 0.2) is 113 Å². The Bertz CT molecular complexity index is 1360. The Morgan fingerprint density at radius 3 is 2.26 bits per heavy atom. The molecular weight excluding hydrogens is 428 g/mol. The Kier molecular flexibility index (Phi) is 5.66. The lowest BCUT2D eigenvalue weighted by atomic mass is 9.86. The van der Waals surface area contributed by atoms with Crippen LogP contribution in [0, 0.1) is 16.0 Å². The first-order valence-corrected chi connectivity index (χ1v) is 10.8. The fourth-order valence-electron chi connectivity index (χ4n) is 3.98. The van der Waals surface area contributed by atoms with E-state index in [4.69, 9.17) is 9.98 Å². The van der Waals surface area contributed by atoms with Crippen LogP contribution >= 0.6 is 0 Å². The van der Waals surface area contributed by atoms with Gasteiger partial charge in [-0.3, -0.25) is 19.9 Å². The third kappa shape index (κ3) is 4.31. The van der Waals surface area contributed by atoms with Crippen LogP contribution in [0.1, 0.15) is 21.5 Å². The molecule has 0 saturated heterocycles. The molecule has 1 heterocycles. The number of fused-ring (bicyclic) bond motifs is 1. The molecule has 0 saturated carbocycles. The highest BCUT2D eigenvalue weighted by Gasteiger charge is 2.29. The summed E-state index contributed by atoms with van der Waals surface area (Å²) in [5.74, 6) is 0.405. The first-order valence-electron chi connectivity index (χ1n) is 10.8. The second-order valence-corrected chi connectivity index (χ2v) is 7.94. The highest BCUT2D eigenvalue weighted by molar-refractivity contribution is 6.16. The number of non-ortho nitro benzene ring substituents is 1. The number of amidine groups is 1. The number of nitrogens with zero attached hydrogens (tertiary/aromatic N) is 3. The molecule has 1 aliphatic heterocycles. The smallest absolute Gasteiger partial charge is 0.269 e. The van der Waals surface area contributed by atoms with Crippen LogP contribution in [-0.2, 0) is 0 Å². The Hall–Kier alpha value is -4.65. The number of hydrogen-bond acceptors (Lipinski definition) is 5. The fourth-order valence-corrected chi connectivity index (χ4v) is 3.98. The van der Waals surface area contributed by atoms with Gasteiger partial charge in [0.15, 0.2) is 5.84 Å². The normalized spacial score (nSPS) is 18.5. The lowest BCUT2D eigenvalue weighted by Gasteiger charge is -2.27. The number of aliphatic imine (C=N–C) groups is 2. The topological polar surface area (TPSA) is 97.0 Å². The number of benzene rings is 3. The lowest BCUT2D eigenvalue weighted by Crippen LogP contribution is -2.31. The summed E-state index contributed by atoms with van der Waals surface area (Å²) in [4.78, 5) is 32.6. The van der Waals surface area contributed by atoms with Gasteiger partial charge in [-0.1, -0.05) is 66.8 Å². The number of nitro groups is 1. The second kappa shape index (κ2) is 9.07. The predicted molar refractivity (Wildman–Crippen MR) is 133 cm³/mol. The van der Waals surface area contributed by atoms with E-state index in [0.717, 1.165) is 16.8 Å². The molecule has 7 nitrogen and oxygen atoms in total. The van der Waals surface area contributed by atoms with E-state index in [1.165, 1.54) is 24.3 Å². The van der Waals surface area contributed by atoms with Crippen LogP contribution in [-0.4, -0.2) is 28.4 Å². The molecule has 1 aliphatic carbocycles. The van der Waals surface area contributed by atoms with E-state index >= 15 is 0 Å². The minimum atomic E-state index is -0.496. The SMILES string of the molecule is O=C(Nc1ccc(C2=NC(c3ccccc3)=N[C@H]3C=CC=C[C@@H]23)cc1)c1ccc([N+](=O)[O-])cc1. The first kappa shape index (κ1) is 21.2. The molecule has 5 rings (SSSR count). The van der Waals surface area contributed by atoms with E-state index in [1.54, 1.807) is 0 Å². The van der Waals surface area contributed by atoms with Gasteiger partial charge in [0.25, 0.3) is 11.6 Å². The van der Waals surface area contributed by atoms with Crippen molar-refractivity contribution in [1.82, 2.24) is 0 Å². The molecule has 0 radical (unpaired) electrons. The highest BCUT2D eigenvalue weighted by atomic mass is 16.6. The van der Waals surface area contributed by atoms with Gasteiger partial charge in [0, 0.05) is 34.9 Å². The number of anilines is 1. The number of amides is 1. The van der Waals surface area contributed by atoms with Crippen LogP contribution in [0.4, 0.5) is 11.4 Å². The molecule has 0 unspecified atom stereocenters. The zero-order chi connectivity index (χ0) is 23.5. The van der Waals surface area contributed by atoms with Crippen molar-refractivity contribution in [3.63, 3.8) is 0 Å². The van der Waals surface area contributed by atoms with Gasteiger partial charge in [-0.15, -0.1) is 0 Å². The molecule has 1 N–H and O–H groups in total. The molecule has 0 aromatic heterocycles. The zero-order valence-electron chi connectivity index (χ0n) is 18.0. The van der Waals surface area contributed by atoms with Crippen molar-refractivity contribution < 1.29 is 9.72 Å². The van der Waals surface area contributed by atoms with Crippen LogP contribution in [0.5, 0.6) is 0 Å². The van der Waals surface area contributed by atoms with Crippen molar-refractivity contribution in [2.24, 2.45) is 15.9 Å². The summed E-state index contributed by atoms with van der Waals surface area (Å²) >= 11 is 0. The molecule has 2 aliphatic rings. The van der Waals surface area contributed by atoms with Gasteiger partial charge in [0.1, 0.15) is 0 Å². The Balaban J connectivity index is 1.38. The minimum Gasteiger partial charge on any atom is -0.322 e. The molecule has 0 bridgehead atoms. The molecular formula is C27H20N4O3. The largest absolute Gasteiger partial charge is 0.322 e. The molecule has 34 heavy (non-hydrogen) atoms. The van der Waals surface area contributed by atoms with Crippen LogP contribution in [0.25, 0.3) is 0 Å². The van der Waals surface area contributed by atoms with Gasteiger partial charge in [-0.25, -0.2) is 4.99 Å². The third-order valence-corrected chi connectivity index (χ3v) is 5.73. The molecule has 0 spiro atoms. The van der Waals surface area contributed by atoms with Crippen molar-refractivity contribution in [1.29, 1.82) is 0 Å². The first-order chi connectivity index (χ1) is 16.6. The predicted octanol–water partition coefficient (Wildman–Crippen LogP) is 5.21. The van der Waals surface area contributed by atoms with Crippen LogP contribution < -0.4 is 5.32 Å². The molecule has 3 aromatic rings. The van der Waals surface area contributed by atoms with Crippen LogP contribution in [0.3, 0.4) is 0 Å². The summed E-state index contributed by atoms with van der Waals surface area (Å²) in [7, 11) is 0. The number of rotatable bonds is 5. The van der Waals surface area contributed by atoms with Gasteiger partial charge >= 0.3 is 0 Å². The Labute approximate surface area is 196 Å². The van der Waals surface area contributed by atoms with E-state index in [0.29, 0.717) is 17.1 Å². The van der Waals surface area contributed by atoms with Crippen molar-refractivity contribution in [3.05, 3.63) is 130 Å². The monoisotopic (exact) mass is 448 g/mol. The number of carbonyl (C=O) groups is 1. The van der Waals surface area contributed by atoms with E-state index in [-0.39, 0.29) is 23.6 Å². The maximum atomic E-state index is 12.5. The maximum Gasteiger partial charge on any atom is 0.269 e. The molecule has 0 fully saturated rings. The maximum absolute atomic E-state index is 12.5. The van der Waals surface area contributed by atoms with E-state index in [1.807, 2.05) is 66.7 Å². The van der Waals surface area contributed by atoms with Gasteiger partial charge in [-0.2, -0.15) is 0 Å². The average molecular weight is 448 g/mol. The standard InChI is InChI=1S/C27H20N4O3/c32-27(20-12-16-22(17-13-20)31(33)34)28-21-14-10-18(11-15-21)25-23-8-4-5-9-24(23)29-26(30-25)19-6-2-1-3-7-19/h1-17,23-24H,(H,28,32)/t23-,24+/m1/s1. The number of carbonyl (C=O) groups excluding carboxylic acids is 1. The van der Waals surface area contributed by atoms with Crippen molar-refractivity contribution in [2.75, 3.05) is 5.32 Å². The molecule has 7 heteroatoms. The summed E-state index contributed by atoms with van der Waals surface area (Å²) in [6.07, 6.45) is 8.21. The summed E-state index contributed by atoms with van der Waals surface area (Å²) in [6.45, 7) is 0. The van der Waals surface area contributed by atoms with Gasteiger partial charge < -0.3 is 5.32 Å². The van der Waals surface area contributed by atoms with E-state index < -0.39 is 4.92 Å². The zero-order valence-corrected chi connectivity index (χ0v) is 18.0. The number of hydrogen-bond donors (Lipinski definition) is 1. The average Bonchev–Trinajstić information content (AvgIpc) is 2.89. The molecule has 3 aromatic carbocycles. The summed E-state index contributed by atoms with van der Waals surface area (Å²) < 4.78 is 0. The quantitative estimate of drug-likeness (QED) is 0.429. The summed E-state index contributed by atoms with van der Waals surface area (Å²) in [5, 5.41) is 13.6. The summed E-state index contributed by atoms with van der Waals surface area (Å²) in [5.41, 5.74) is 3.75. The second-order valence-electron chi connectivity index (χ2n) is 7.94. The Morgan fingerprint density at radius 1 is 0.853 bits per heavy atom. The number of nitrogens with one attached hydrogen (secondary N) is 1. The van der Waals surface area contributed by atoms with Gasteiger partial charge in [0.2, 0.25) is 0 Å². The minimum absolute atomic E-state index is 0.0192. The highest BCUT2D eigenvalue weighted by Crippen LogP contribution is 2.28. The summed E-state index contributed by atoms with van der Waals surface area (Å²) in [6, 6.07) is 22.9. The third-order valence-electron chi connectivity index (χ3n) is 5.73. The lowest BCUT2D eigenvalue weighted by molar-refractivity contribution is -0.384. The van der Waals surface area contributed by atoms with E-state index in [2.05, 4.69) is 17.5 Å². The Morgan fingerprint density at radius 2 is 1.56 bits per heavy atom. The van der Waals surface area contributed by atoms with E-state index in [9.17, 15) is 14.9 Å². The van der Waals surface area contributed by atoms with Gasteiger partial charge in [0.05, 0.1) is 16.7 Å². The number of allylic oxidation sites excluding steroid dienone is 2. The van der Waals surface area contributed by atoms with Crippen molar-refractivity contribution in [2.45, 2.75) is 6.04 Å². The molecule has 2 atom stereocenters. The van der Waals surface area contributed by atoms with Gasteiger partial charge in [-0.05, 0) is 29.8 Å². The van der Waals surface area contributed by atoms with Crippen LogP contribution in [0.2, 0.25) is 0 Å². The molecule has 166 valence electrons. The number of nitro benzene ring substituents is 1. The fraction of sp³-hybridized carbons (Fsp3) is 0.0741. The molecule has 1 amide bonds. The van der Waals surface area contributed by atoms with Crippen molar-refractivity contribution in [3.8, 4) is 0 Å².